The average molecular weight is 131 g/mol. The van der Waals surface area contributed by atoms with Crippen LogP contribution in [0.4, 0.5) is 0 Å². The fourth-order valence-corrected chi connectivity index (χ4v) is 0.501. The molecule has 9 heavy (non-hydrogen) atoms. The predicted octanol–water partition coefficient (Wildman–Crippen LogP) is 0.769. The molecule has 54 valence electrons. The number of nitrogens with two attached hydrogens (primary N) is 1. The summed E-state index contributed by atoms with van der Waals surface area (Å²) in [5, 5.41) is 7.89. The second-order valence-corrected chi connectivity index (χ2v) is 1.88. The second kappa shape index (κ2) is 5.75. The average Bonchev–Trinajstić information content (AvgIpc) is 1.89. The van der Waals surface area contributed by atoms with Gasteiger partial charge in [0.05, 0.1) is 6.61 Å². The van der Waals surface area contributed by atoms with Crippen molar-refractivity contribution < 1.29 is 10.1 Å². The Morgan fingerprint density at radius 1 is 1.78 bits per heavy atom. The van der Waals surface area contributed by atoms with E-state index in [-0.39, 0.29) is 6.04 Å². The number of hydrogen-bond acceptors (Lipinski definition) is 3. The van der Waals surface area contributed by atoms with Gasteiger partial charge in [-0.1, -0.05) is 6.08 Å². The molecule has 0 spiro atoms. The third-order valence-electron chi connectivity index (χ3n) is 1.08. The smallest absolute Gasteiger partial charge is 0.0820 e. The van der Waals surface area contributed by atoms with Gasteiger partial charge in [-0.25, -0.2) is 4.89 Å². The van der Waals surface area contributed by atoms with E-state index in [4.69, 9.17) is 11.0 Å². The minimum atomic E-state index is 0.0279. The molecule has 0 rings (SSSR count). The zero-order valence-corrected chi connectivity index (χ0v) is 5.42. The van der Waals surface area contributed by atoms with E-state index in [1.165, 1.54) is 0 Å². The van der Waals surface area contributed by atoms with Gasteiger partial charge in [0, 0.05) is 6.04 Å². The quantitative estimate of drug-likeness (QED) is 0.251. The van der Waals surface area contributed by atoms with Crippen molar-refractivity contribution >= 4 is 0 Å². The molecule has 3 heteroatoms. The Kier molecular flexibility index (Phi) is 5.51. The first-order valence-electron chi connectivity index (χ1n) is 2.95. The van der Waals surface area contributed by atoms with E-state index in [1.807, 2.05) is 0 Å². The Hall–Kier alpha value is -0.380. The Balaban J connectivity index is 2.96. The van der Waals surface area contributed by atoms with E-state index in [0.29, 0.717) is 6.61 Å². The van der Waals surface area contributed by atoms with Crippen LogP contribution >= 0.6 is 0 Å². The van der Waals surface area contributed by atoms with Crippen molar-refractivity contribution in [3.05, 3.63) is 12.7 Å². The van der Waals surface area contributed by atoms with Gasteiger partial charge in [0.2, 0.25) is 0 Å². The van der Waals surface area contributed by atoms with E-state index in [9.17, 15) is 0 Å². The third-order valence-corrected chi connectivity index (χ3v) is 1.08. The van der Waals surface area contributed by atoms with Crippen LogP contribution in [0.1, 0.15) is 12.8 Å². The van der Waals surface area contributed by atoms with Crippen LogP contribution in [-0.4, -0.2) is 17.9 Å². The molecule has 0 aromatic rings. The normalized spacial score (nSPS) is 13.1. The van der Waals surface area contributed by atoms with Crippen LogP contribution in [0.2, 0.25) is 0 Å². The van der Waals surface area contributed by atoms with Gasteiger partial charge in [-0.15, -0.1) is 6.58 Å². The van der Waals surface area contributed by atoms with Crippen molar-refractivity contribution in [1.82, 2.24) is 0 Å². The highest BCUT2D eigenvalue weighted by Crippen LogP contribution is 1.93. The highest BCUT2D eigenvalue weighted by Gasteiger charge is 1.94. The summed E-state index contributed by atoms with van der Waals surface area (Å²) in [5.41, 5.74) is 5.46. The first-order valence-corrected chi connectivity index (χ1v) is 2.95. The third kappa shape index (κ3) is 5.49. The van der Waals surface area contributed by atoms with E-state index in [0.717, 1.165) is 12.8 Å². The zero-order chi connectivity index (χ0) is 7.11. The van der Waals surface area contributed by atoms with Crippen LogP contribution in [0.25, 0.3) is 0 Å². The Morgan fingerprint density at radius 3 is 2.89 bits per heavy atom. The molecule has 0 saturated carbocycles. The van der Waals surface area contributed by atoms with Gasteiger partial charge in [-0.2, -0.15) is 0 Å². The molecule has 3 nitrogen and oxygen atoms in total. The summed E-state index contributed by atoms with van der Waals surface area (Å²) in [6.45, 7) is 3.86. The molecule has 3 N–H and O–H groups in total. The highest BCUT2D eigenvalue weighted by atomic mass is 17.1. The van der Waals surface area contributed by atoms with Crippen molar-refractivity contribution in [3.8, 4) is 0 Å². The van der Waals surface area contributed by atoms with E-state index < -0.39 is 0 Å². The minimum Gasteiger partial charge on any atom is -0.324 e. The molecule has 0 bridgehead atoms. The van der Waals surface area contributed by atoms with Crippen molar-refractivity contribution in [3.63, 3.8) is 0 Å². The predicted molar refractivity (Wildman–Crippen MR) is 36.0 cm³/mol. The molecule has 0 aliphatic heterocycles. The Bertz CT molecular complexity index is 75.5. The molecular formula is C6H13NO2. The van der Waals surface area contributed by atoms with Crippen LogP contribution in [0.3, 0.4) is 0 Å². The maximum absolute atomic E-state index is 7.89. The van der Waals surface area contributed by atoms with Crippen LogP contribution in [0, 0.1) is 0 Å². The number of hydrogen-bond donors (Lipinski definition) is 2. The SMILES string of the molecule is C=CC(N)CCCOO. The lowest BCUT2D eigenvalue weighted by atomic mass is 10.2. The summed E-state index contributed by atoms with van der Waals surface area (Å²) in [6, 6.07) is 0.0279. The van der Waals surface area contributed by atoms with Crippen molar-refractivity contribution in [2.75, 3.05) is 6.61 Å². The summed E-state index contributed by atoms with van der Waals surface area (Å²) in [5.74, 6) is 0. The summed E-state index contributed by atoms with van der Waals surface area (Å²) >= 11 is 0. The van der Waals surface area contributed by atoms with Gasteiger partial charge in [-0.3, -0.25) is 5.26 Å². The van der Waals surface area contributed by atoms with Crippen LogP contribution < -0.4 is 5.73 Å². The lowest BCUT2D eigenvalue weighted by molar-refractivity contribution is -0.242. The lowest BCUT2D eigenvalue weighted by Crippen LogP contribution is -2.16. The molecule has 1 atom stereocenters. The van der Waals surface area contributed by atoms with Gasteiger partial charge in [0.15, 0.2) is 0 Å². The molecule has 0 aromatic carbocycles. The monoisotopic (exact) mass is 131 g/mol. The second-order valence-electron chi connectivity index (χ2n) is 1.88. The summed E-state index contributed by atoms with van der Waals surface area (Å²) in [6.07, 6.45) is 3.26. The summed E-state index contributed by atoms with van der Waals surface area (Å²) < 4.78 is 0. The largest absolute Gasteiger partial charge is 0.324 e. The molecule has 0 heterocycles. The summed E-state index contributed by atoms with van der Waals surface area (Å²) in [4.78, 5) is 3.85. The van der Waals surface area contributed by atoms with E-state index in [1.54, 1.807) is 6.08 Å². The molecule has 1 unspecified atom stereocenters. The van der Waals surface area contributed by atoms with Crippen molar-refractivity contribution in [1.29, 1.82) is 0 Å². The lowest BCUT2D eigenvalue weighted by Gasteiger charge is -2.02. The Morgan fingerprint density at radius 2 is 2.44 bits per heavy atom. The zero-order valence-electron chi connectivity index (χ0n) is 5.42. The standard InChI is InChI=1S/C6H13NO2/c1-2-6(7)4-3-5-9-8/h2,6,8H,1,3-5,7H2. The molecule has 0 aliphatic rings. The molecule has 0 aromatic heterocycles. The van der Waals surface area contributed by atoms with Crippen LogP contribution in [0.5, 0.6) is 0 Å². The van der Waals surface area contributed by atoms with Crippen LogP contribution in [-0.2, 0) is 4.89 Å². The van der Waals surface area contributed by atoms with Gasteiger partial charge < -0.3 is 5.73 Å². The molecule has 0 radical (unpaired) electrons. The van der Waals surface area contributed by atoms with Crippen LogP contribution in [0.15, 0.2) is 12.7 Å². The minimum absolute atomic E-state index is 0.0279. The molecular weight excluding hydrogens is 118 g/mol. The van der Waals surface area contributed by atoms with Gasteiger partial charge >= 0.3 is 0 Å². The van der Waals surface area contributed by atoms with Gasteiger partial charge in [0.25, 0.3) is 0 Å². The molecule has 0 fully saturated rings. The maximum atomic E-state index is 7.89. The topological polar surface area (TPSA) is 55.5 Å². The van der Waals surface area contributed by atoms with Crippen molar-refractivity contribution in [2.45, 2.75) is 18.9 Å². The van der Waals surface area contributed by atoms with Gasteiger partial charge in [-0.05, 0) is 12.8 Å². The fourth-order valence-electron chi connectivity index (χ4n) is 0.501. The van der Waals surface area contributed by atoms with E-state index >= 15 is 0 Å². The summed E-state index contributed by atoms with van der Waals surface area (Å²) in [7, 11) is 0. The van der Waals surface area contributed by atoms with E-state index in [2.05, 4.69) is 11.5 Å². The first kappa shape index (κ1) is 8.62. The highest BCUT2D eigenvalue weighted by molar-refractivity contribution is 4.81. The molecule has 0 saturated heterocycles. The van der Waals surface area contributed by atoms with Crippen molar-refractivity contribution in [2.24, 2.45) is 5.73 Å². The molecule has 0 aliphatic carbocycles. The first-order chi connectivity index (χ1) is 4.31. The fraction of sp³-hybridized carbons (Fsp3) is 0.667. The molecule has 0 amide bonds. The maximum Gasteiger partial charge on any atom is 0.0820 e. The van der Waals surface area contributed by atoms with Gasteiger partial charge in [0.1, 0.15) is 0 Å². The number of rotatable bonds is 5. The Labute approximate surface area is 55.1 Å².